The molecule has 0 spiro atoms. The molecule has 4 aromatic rings. The first-order chi connectivity index (χ1) is 13.0. The fourth-order valence-electron chi connectivity index (χ4n) is 2.89. The lowest BCUT2D eigenvalue weighted by atomic mass is 10.0. The summed E-state index contributed by atoms with van der Waals surface area (Å²) in [5.41, 5.74) is 3.23. The average molecular weight is 374 g/mol. The Hall–Kier alpha value is -3.17. The number of aromatic nitrogens is 3. The Morgan fingerprint density at radius 1 is 1.07 bits per heavy atom. The molecule has 4 rings (SSSR count). The van der Waals surface area contributed by atoms with Gasteiger partial charge in [-0.15, -0.1) is 0 Å². The first kappa shape index (κ1) is 17.3. The van der Waals surface area contributed by atoms with Crippen molar-refractivity contribution < 1.29 is 22.9 Å². The van der Waals surface area contributed by atoms with E-state index in [1.165, 1.54) is 12.1 Å². The van der Waals surface area contributed by atoms with Crippen molar-refractivity contribution in [2.75, 3.05) is 0 Å². The molecule has 0 aliphatic heterocycles. The van der Waals surface area contributed by atoms with E-state index in [4.69, 9.17) is 4.52 Å². The lowest BCUT2D eigenvalue weighted by Gasteiger charge is -2.12. The van der Waals surface area contributed by atoms with Gasteiger partial charge in [0.1, 0.15) is 6.04 Å². The number of H-pyrrole nitrogens is 1. The third-order valence-corrected chi connectivity index (χ3v) is 4.22. The summed E-state index contributed by atoms with van der Waals surface area (Å²) in [7, 11) is 0. The Kier molecular flexibility index (Phi) is 4.17. The normalized spacial score (nSPS) is 13.2. The summed E-state index contributed by atoms with van der Waals surface area (Å²) in [5, 5.41) is 14.4. The number of alkyl halides is 3. The van der Waals surface area contributed by atoms with Crippen LogP contribution in [0.2, 0.25) is 0 Å². The molecule has 0 radical (unpaired) electrons. The fourth-order valence-corrected chi connectivity index (χ4v) is 2.89. The third kappa shape index (κ3) is 3.18. The van der Waals surface area contributed by atoms with Crippen LogP contribution in [0.3, 0.4) is 0 Å². The zero-order chi connectivity index (χ0) is 19.0. The molecule has 9 heteroatoms. The van der Waals surface area contributed by atoms with Gasteiger partial charge < -0.3 is 14.7 Å². The van der Waals surface area contributed by atoms with Crippen LogP contribution in [0.25, 0.3) is 22.3 Å². The largest absolute Gasteiger partial charge is 0.416 e. The highest BCUT2D eigenvalue weighted by molar-refractivity contribution is 5.83. The molecule has 0 aliphatic carbocycles. The van der Waals surface area contributed by atoms with E-state index in [-0.39, 0.29) is 11.7 Å². The Morgan fingerprint density at radius 2 is 1.85 bits per heavy atom. The minimum Gasteiger partial charge on any atom is -0.361 e. The van der Waals surface area contributed by atoms with Crippen molar-refractivity contribution >= 4 is 10.9 Å². The van der Waals surface area contributed by atoms with Gasteiger partial charge in [-0.1, -0.05) is 35.5 Å². The number of hydrogen-bond donors (Lipinski definition) is 3. The zero-order valence-electron chi connectivity index (χ0n) is 13.7. The molecule has 2 aromatic carbocycles. The van der Waals surface area contributed by atoms with Crippen molar-refractivity contribution in [1.82, 2.24) is 20.6 Å². The van der Waals surface area contributed by atoms with Crippen LogP contribution in [0, 0.1) is 0 Å². The number of hydroxylamine groups is 1. The highest BCUT2D eigenvalue weighted by atomic mass is 19.4. The number of fused-ring (bicyclic) bond motifs is 1. The van der Waals surface area contributed by atoms with Gasteiger partial charge in [0.05, 0.1) is 11.1 Å². The predicted octanol–water partition coefficient (Wildman–Crippen LogP) is 4.30. The lowest BCUT2D eigenvalue weighted by Crippen LogP contribution is -2.19. The summed E-state index contributed by atoms with van der Waals surface area (Å²) in [6.45, 7) is 0. The molecule has 1 unspecified atom stereocenters. The van der Waals surface area contributed by atoms with Crippen LogP contribution >= 0.6 is 0 Å². The van der Waals surface area contributed by atoms with E-state index in [2.05, 4.69) is 20.6 Å². The Balaban J connectivity index is 1.68. The lowest BCUT2D eigenvalue weighted by molar-refractivity contribution is -0.137. The third-order valence-electron chi connectivity index (χ3n) is 4.22. The summed E-state index contributed by atoms with van der Waals surface area (Å²) < 4.78 is 43.3. The summed E-state index contributed by atoms with van der Waals surface area (Å²) in [6.07, 6.45) is -2.65. The second-order valence-corrected chi connectivity index (χ2v) is 5.88. The Morgan fingerprint density at radius 3 is 2.56 bits per heavy atom. The van der Waals surface area contributed by atoms with Crippen molar-refractivity contribution in [3.8, 4) is 11.4 Å². The van der Waals surface area contributed by atoms with Crippen LogP contribution in [0.15, 0.2) is 59.3 Å². The van der Waals surface area contributed by atoms with E-state index in [1.54, 1.807) is 12.3 Å². The van der Waals surface area contributed by atoms with E-state index >= 15 is 0 Å². The summed E-state index contributed by atoms with van der Waals surface area (Å²) in [5.74, 6) is 0.201. The van der Waals surface area contributed by atoms with Crippen LogP contribution in [-0.4, -0.2) is 20.3 Å². The summed E-state index contributed by atoms with van der Waals surface area (Å²) in [6, 6.07) is 11.0. The number of para-hydroxylation sites is 1. The van der Waals surface area contributed by atoms with Gasteiger partial charge in [-0.3, -0.25) is 0 Å². The van der Waals surface area contributed by atoms with E-state index in [0.717, 1.165) is 23.0 Å². The molecule has 0 bridgehead atoms. The second kappa shape index (κ2) is 6.53. The molecular weight excluding hydrogens is 361 g/mol. The first-order valence-electron chi connectivity index (χ1n) is 7.94. The van der Waals surface area contributed by atoms with Gasteiger partial charge in [-0.05, 0) is 23.6 Å². The molecule has 6 nitrogen and oxygen atoms in total. The maximum atomic E-state index is 12.7. The molecule has 0 aliphatic rings. The number of nitrogens with zero attached hydrogens (tertiary/aromatic N) is 2. The van der Waals surface area contributed by atoms with Crippen molar-refractivity contribution in [1.29, 1.82) is 0 Å². The topological polar surface area (TPSA) is 87.0 Å². The maximum absolute atomic E-state index is 12.7. The molecule has 27 heavy (non-hydrogen) atoms. The van der Waals surface area contributed by atoms with Gasteiger partial charge >= 0.3 is 6.18 Å². The van der Waals surface area contributed by atoms with Crippen LogP contribution < -0.4 is 5.48 Å². The van der Waals surface area contributed by atoms with Crippen molar-refractivity contribution in [2.24, 2.45) is 0 Å². The molecule has 2 heterocycles. The van der Waals surface area contributed by atoms with Crippen LogP contribution in [0.4, 0.5) is 13.2 Å². The maximum Gasteiger partial charge on any atom is 0.416 e. The second-order valence-electron chi connectivity index (χ2n) is 5.88. The smallest absolute Gasteiger partial charge is 0.361 e. The number of nitrogens with one attached hydrogen (secondary N) is 2. The highest BCUT2D eigenvalue weighted by Crippen LogP contribution is 2.31. The van der Waals surface area contributed by atoms with E-state index < -0.39 is 17.8 Å². The van der Waals surface area contributed by atoms with Gasteiger partial charge in [-0.2, -0.15) is 23.6 Å². The van der Waals surface area contributed by atoms with Crippen LogP contribution in [-0.2, 0) is 6.18 Å². The predicted molar refractivity (Wildman–Crippen MR) is 89.8 cm³/mol. The fraction of sp³-hybridized carbons (Fsp3) is 0.111. The first-order valence-corrected chi connectivity index (χ1v) is 7.94. The summed E-state index contributed by atoms with van der Waals surface area (Å²) >= 11 is 0. The molecule has 0 amide bonds. The molecule has 1 atom stereocenters. The van der Waals surface area contributed by atoms with E-state index in [9.17, 15) is 18.4 Å². The number of aromatic amines is 1. The number of hydrogen-bond acceptors (Lipinski definition) is 5. The Labute approximate surface area is 150 Å². The van der Waals surface area contributed by atoms with Crippen molar-refractivity contribution in [2.45, 2.75) is 12.2 Å². The molecule has 0 saturated carbocycles. The monoisotopic (exact) mass is 374 g/mol. The summed E-state index contributed by atoms with van der Waals surface area (Å²) in [4.78, 5) is 7.30. The molecule has 0 saturated heterocycles. The minimum atomic E-state index is -4.42. The molecular formula is C18H13F3N4O2. The molecule has 138 valence electrons. The number of rotatable bonds is 4. The molecule has 0 fully saturated rings. The number of benzene rings is 2. The molecule has 2 aromatic heterocycles. The molecule has 3 N–H and O–H groups in total. The van der Waals surface area contributed by atoms with Gasteiger partial charge in [0.15, 0.2) is 0 Å². The van der Waals surface area contributed by atoms with Crippen molar-refractivity contribution in [3.05, 3.63) is 71.7 Å². The Bertz CT molecular complexity index is 1070. The average Bonchev–Trinajstić information content (AvgIpc) is 3.32. The van der Waals surface area contributed by atoms with E-state index in [0.29, 0.717) is 11.1 Å². The van der Waals surface area contributed by atoms with Crippen LogP contribution in [0.5, 0.6) is 0 Å². The quantitative estimate of drug-likeness (QED) is 0.464. The van der Waals surface area contributed by atoms with Gasteiger partial charge in [0.25, 0.3) is 5.89 Å². The van der Waals surface area contributed by atoms with Crippen molar-refractivity contribution in [3.63, 3.8) is 0 Å². The SMILES string of the molecule is ONC(c1nc(-c2ccc(C(F)(F)F)cc2)no1)c1cccc2cc[nH]c12. The minimum absolute atomic E-state index is 0.0782. The highest BCUT2D eigenvalue weighted by Gasteiger charge is 2.30. The van der Waals surface area contributed by atoms with E-state index in [1.807, 2.05) is 18.2 Å². The van der Waals surface area contributed by atoms with Gasteiger partial charge in [-0.25, -0.2) is 0 Å². The van der Waals surface area contributed by atoms with Crippen LogP contribution in [0.1, 0.15) is 23.1 Å². The van der Waals surface area contributed by atoms with Gasteiger partial charge in [0.2, 0.25) is 5.82 Å². The number of halogens is 3. The zero-order valence-corrected chi connectivity index (χ0v) is 13.7. The standard InChI is InChI=1S/C18H13F3N4O2/c19-18(20,21)12-6-4-11(5-7-12)16-23-17(27-25-16)15(24-26)13-3-1-2-10-8-9-22-14(10)13/h1-9,15,22,24,26H. The van der Waals surface area contributed by atoms with Gasteiger partial charge in [0, 0.05) is 17.3 Å².